The second-order valence-electron chi connectivity index (χ2n) is 1.92. The Kier molecular flexibility index (Phi) is 4.95. The maximum absolute atomic E-state index is 2.46. The largest absolute Gasteiger partial charge is 0.295 e. The standard InChI is InChI=1S/C6H14IN/c1-4-6(7)8(3)5-2/h6H,4-5H2,1-3H3/t6-/m0/s1. The summed E-state index contributed by atoms with van der Waals surface area (Å²) < 4.78 is 0.720. The highest BCUT2D eigenvalue weighted by Gasteiger charge is 2.03. The molecule has 0 aromatic heterocycles. The Morgan fingerprint density at radius 1 is 1.50 bits per heavy atom. The van der Waals surface area contributed by atoms with E-state index in [4.69, 9.17) is 0 Å². The molecule has 0 aliphatic rings. The number of hydrogen-bond donors (Lipinski definition) is 0. The number of rotatable bonds is 3. The third-order valence-corrected chi connectivity index (χ3v) is 3.15. The van der Waals surface area contributed by atoms with Gasteiger partial charge in [0.05, 0.1) is 4.05 Å². The molecule has 8 heavy (non-hydrogen) atoms. The van der Waals surface area contributed by atoms with Gasteiger partial charge >= 0.3 is 0 Å². The van der Waals surface area contributed by atoms with Gasteiger partial charge in [0.25, 0.3) is 0 Å². The molecule has 0 saturated heterocycles. The lowest BCUT2D eigenvalue weighted by atomic mass is 10.4. The second-order valence-corrected chi connectivity index (χ2v) is 3.35. The van der Waals surface area contributed by atoms with Crippen LogP contribution in [0.25, 0.3) is 0 Å². The summed E-state index contributed by atoms with van der Waals surface area (Å²) in [5, 5.41) is 0. The predicted octanol–water partition coefficient (Wildman–Crippen LogP) is 2.11. The summed E-state index contributed by atoms with van der Waals surface area (Å²) in [6.45, 7) is 5.55. The lowest BCUT2D eigenvalue weighted by Crippen LogP contribution is -2.25. The summed E-state index contributed by atoms with van der Waals surface area (Å²) in [5.74, 6) is 0. The van der Waals surface area contributed by atoms with Crippen LogP contribution in [0.3, 0.4) is 0 Å². The van der Waals surface area contributed by atoms with E-state index < -0.39 is 0 Å². The van der Waals surface area contributed by atoms with E-state index in [0.29, 0.717) is 0 Å². The molecule has 0 aromatic carbocycles. The third kappa shape index (κ3) is 2.87. The molecule has 0 aliphatic heterocycles. The lowest BCUT2D eigenvalue weighted by molar-refractivity contribution is 0.338. The van der Waals surface area contributed by atoms with E-state index >= 15 is 0 Å². The van der Waals surface area contributed by atoms with Crippen LogP contribution in [0.5, 0.6) is 0 Å². The number of halogens is 1. The zero-order chi connectivity index (χ0) is 6.57. The average Bonchev–Trinajstić information content (AvgIpc) is 1.84. The molecule has 0 radical (unpaired) electrons. The minimum atomic E-state index is 0.720. The molecule has 0 bridgehead atoms. The first-order valence-electron chi connectivity index (χ1n) is 3.06. The van der Waals surface area contributed by atoms with Gasteiger partial charge in [-0.3, -0.25) is 4.90 Å². The molecule has 0 heterocycles. The highest BCUT2D eigenvalue weighted by Crippen LogP contribution is 2.08. The Labute approximate surface area is 65.6 Å². The van der Waals surface area contributed by atoms with Crippen molar-refractivity contribution in [3.05, 3.63) is 0 Å². The molecule has 50 valence electrons. The average molecular weight is 227 g/mol. The fourth-order valence-electron chi connectivity index (χ4n) is 0.510. The summed E-state index contributed by atoms with van der Waals surface area (Å²) in [4.78, 5) is 2.33. The van der Waals surface area contributed by atoms with E-state index in [1.165, 1.54) is 6.42 Å². The van der Waals surface area contributed by atoms with Crippen LogP contribution in [-0.4, -0.2) is 22.5 Å². The quantitative estimate of drug-likeness (QED) is 0.405. The van der Waals surface area contributed by atoms with E-state index in [0.717, 1.165) is 10.6 Å². The van der Waals surface area contributed by atoms with Crippen molar-refractivity contribution in [1.29, 1.82) is 0 Å². The molecule has 0 amide bonds. The smallest absolute Gasteiger partial charge is 0.0613 e. The fourth-order valence-corrected chi connectivity index (χ4v) is 0.904. The maximum atomic E-state index is 2.46. The molecular weight excluding hydrogens is 213 g/mol. The van der Waals surface area contributed by atoms with Gasteiger partial charge in [-0.1, -0.05) is 36.4 Å². The molecule has 0 N–H and O–H groups in total. The Hall–Kier alpha value is 0.690. The second kappa shape index (κ2) is 4.56. The van der Waals surface area contributed by atoms with Gasteiger partial charge in [0, 0.05) is 0 Å². The number of hydrogen-bond acceptors (Lipinski definition) is 1. The normalized spacial score (nSPS) is 14.6. The molecule has 0 unspecified atom stereocenters. The first-order chi connectivity index (χ1) is 3.72. The zero-order valence-electron chi connectivity index (χ0n) is 5.82. The van der Waals surface area contributed by atoms with Crippen LogP contribution in [0.4, 0.5) is 0 Å². The molecule has 0 aromatic rings. The van der Waals surface area contributed by atoms with Crippen molar-refractivity contribution in [3.63, 3.8) is 0 Å². The highest BCUT2D eigenvalue weighted by molar-refractivity contribution is 14.1. The summed E-state index contributed by atoms with van der Waals surface area (Å²) in [6.07, 6.45) is 1.24. The third-order valence-electron chi connectivity index (χ3n) is 1.31. The molecule has 0 spiro atoms. The van der Waals surface area contributed by atoms with Crippen LogP contribution in [0, 0.1) is 0 Å². The van der Waals surface area contributed by atoms with Gasteiger partial charge in [-0.05, 0) is 20.0 Å². The van der Waals surface area contributed by atoms with Crippen molar-refractivity contribution >= 4 is 22.6 Å². The zero-order valence-corrected chi connectivity index (χ0v) is 7.97. The van der Waals surface area contributed by atoms with Crippen molar-refractivity contribution in [2.24, 2.45) is 0 Å². The Balaban J connectivity index is 3.29. The first kappa shape index (κ1) is 8.69. The Morgan fingerprint density at radius 2 is 2.00 bits per heavy atom. The number of nitrogens with zero attached hydrogens (tertiary/aromatic N) is 1. The van der Waals surface area contributed by atoms with Crippen LogP contribution in [0.2, 0.25) is 0 Å². The topological polar surface area (TPSA) is 3.24 Å². The molecule has 1 atom stereocenters. The molecular formula is C6H14IN. The summed E-state index contributed by atoms with van der Waals surface area (Å²) in [7, 11) is 2.15. The van der Waals surface area contributed by atoms with E-state index in [9.17, 15) is 0 Å². The van der Waals surface area contributed by atoms with Gasteiger partial charge in [-0.15, -0.1) is 0 Å². The minimum absolute atomic E-state index is 0.720. The monoisotopic (exact) mass is 227 g/mol. The van der Waals surface area contributed by atoms with Crippen LogP contribution >= 0.6 is 22.6 Å². The molecule has 2 heteroatoms. The minimum Gasteiger partial charge on any atom is -0.295 e. The fraction of sp³-hybridized carbons (Fsp3) is 1.00. The molecule has 1 nitrogen and oxygen atoms in total. The summed E-state index contributed by atoms with van der Waals surface area (Å²) >= 11 is 2.46. The van der Waals surface area contributed by atoms with Crippen LogP contribution < -0.4 is 0 Å². The maximum Gasteiger partial charge on any atom is 0.0613 e. The van der Waals surface area contributed by atoms with Gasteiger partial charge in [-0.2, -0.15) is 0 Å². The SMILES string of the molecule is CC[C@@H](I)N(C)CC. The van der Waals surface area contributed by atoms with Crippen LogP contribution in [0.1, 0.15) is 20.3 Å². The van der Waals surface area contributed by atoms with Crippen LogP contribution in [-0.2, 0) is 0 Å². The van der Waals surface area contributed by atoms with E-state index in [1.54, 1.807) is 0 Å². The van der Waals surface area contributed by atoms with Gasteiger partial charge in [0.15, 0.2) is 0 Å². The number of alkyl halides is 1. The highest BCUT2D eigenvalue weighted by atomic mass is 127. The van der Waals surface area contributed by atoms with Crippen molar-refractivity contribution in [2.75, 3.05) is 13.6 Å². The van der Waals surface area contributed by atoms with Gasteiger partial charge in [0.2, 0.25) is 0 Å². The van der Waals surface area contributed by atoms with E-state index in [2.05, 4.69) is 48.4 Å². The van der Waals surface area contributed by atoms with Crippen molar-refractivity contribution < 1.29 is 0 Å². The lowest BCUT2D eigenvalue weighted by Gasteiger charge is -2.18. The molecule has 0 fully saturated rings. The Morgan fingerprint density at radius 3 is 2.12 bits per heavy atom. The summed E-state index contributed by atoms with van der Waals surface area (Å²) in [5.41, 5.74) is 0. The molecule has 0 saturated carbocycles. The van der Waals surface area contributed by atoms with E-state index in [-0.39, 0.29) is 0 Å². The van der Waals surface area contributed by atoms with Crippen molar-refractivity contribution in [1.82, 2.24) is 4.90 Å². The van der Waals surface area contributed by atoms with Gasteiger partial charge < -0.3 is 0 Å². The van der Waals surface area contributed by atoms with E-state index in [1.807, 2.05) is 0 Å². The molecule has 0 aliphatic carbocycles. The Bertz CT molecular complexity index is 48.5. The van der Waals surface area contributed by atoms with Crippen LogP contribution in [0.15, 0.2) is 0 Å². The van der Waals surface area contributed by atoms with Gasteiger partial charge in [-0.25, -0.2) is 0 Å². The first-order valence-corrected chi connectivity index (χ1v) is 4.31. The summed E-state index contributed by atoms with van der Waals surface area (Å²) in [6, 6.07) is 0. The van der Waals surface area contributed by atoms with Gasteiger partial charge in [0.1, 0.15) is 0 Å². The van der Waals surface area contributed by atoms with Crippen molar-refractivity contribution in [3.8, 4) is 0 Å². The molecule has 0 rings (SSSR count). The van der Waals surface area contributed by atoms with Crippen molar-refractivity contribution in [2.45, 2.75) is 24.3 Å². The predicted molar refractivity (Wildman–Crippen MR) is 46.4 cm³/mol.